The highest BCUT2D eigenvalue weighted by atomic mass is 16.5. The molecule has 0 spiro atoms. The maximum Gasteiger partial charge on any atom is 0.0589 e. The zero-order chi connectivity index (χ0) is 12.8. The lowest BCUT2D eigenvalue weighted by atomic mass is 10.0. The van der Waals surface area contributed by atoms with Crippen molar-refractivity contribution in [1.82, 2.24) is 10.2 Å². The molecule has 1 N–H and O–H groups in total. The lowest BCUT2D eigenvalue weighted by Crippen LogP contribution is -2.47. The molecule has 1 aromatic carbocycles. The molecule has 0 radical (unpaired) electrons. The minimum atomic E-state index is 0.486. The van der Waals surface area contributed by atoms with Crippen molar-refractivity contribution < 1.29 is 4.74 Å². The van der Waals surface area contributed by atoms with E-state index in [2.05, 4.69) is 41.4 Å². The first-order chi connectivity index (χ1) is 8.85. The summed E-state index contributed by atoms with van der Waals surface area (Å²) in [6.45, 7) is 7.23. The van der Waals surface area contributed by atoms with E-state index in [-0.39, 0.29) is 0 Å². The van der Waals surface area contributed by atoms with Crippen molar-refractivity contribution in [2.75, 3.05) is 39.9 Å². The number of piperazine rings is 1. The van der Waals surface area contributed by atoms with Crippen molar-refractivity contribution in [3.63, 3.8) is 0 Å². The van der Waals surface area contributed by atoms with Gasteiger partial charge in [-0.15, -0.1) is 0 Å². The monoisotopic (exact) mass is 248 g/mol. The Hall–Kier alpha value is -0.900. The maximum absolute atomic E-state index is 5.20. The Kier molecular flexibility index (Phi) is 5.17. The van der Waals surface area contributed by atoms with E-state index in [0.717, 1.165) is 39.2 Å². The second-order valence-electron chi connectivity index (χ2n) is 4.84. The highest BCUT2D eigenvalue weighted by Crippen LogP contribution is 2.22. The summed E-state index contributed by atoms with van der Waals surface area (Å²) in [4.78, 5) is 2.51. The van der Waals surface area contributed by atoms with Gasteiger partial charge in [0.15, 0.2) is 0 Å². The third-order valence-corrected chi connectivity index (χ3v) is 3.71. The van der Waals surface area contributed by atoms with Crippen molar-refractivity contribution in [2.45, 2.75) is 19.4 Å². The van der Waals surface area contributed by atoms with Crippen LogP contribution in [0.5, 0.6) is 0 Å². The highest BCUT2D eigenvalue weighted by Gasteiger charge is 2.22. The highest BCUT2D eigenvalue weighted by molar-refractivity contribution is 5.25. The summed E-state index contributed by atoms with van der Waals surface area (Å²) in [6.07, 6.45) is 1.11. The van der Waals surface area contributed by atoms with Gasteiger partial charge in [0.1, 0.15) is 0 Å². The molecule has 0 aliphatic carbocycles. The summed E-state index contributed by atoms with van der Waals surface area (Å²) in [5, 5.41) is 3.49. The number of rotatable bonds is 5. The van der Waals surface area contributed by atoms with E-state index in [1.807, 2.05) is 0 Å². The van der Waals surface area contributed by atoms with Gasteiger partial charge in [0.25, 0.3) is 0 Å². The summed E-state index contributed by atoms with van der Waals surface area (Å²) < 4.78 is 5.20. The van der Waals surface area contributed by atoms with Crippen molar-refractivity contribution >= 4 is 0 Å². The fourth-order valence-corrected chi connectivity index (χ4v) is 2.53. The second kappa shape index (κ2) is 6.88. The molecule has 1 aliphatic heterocycles. The van der Waals surface area contributed by atoms with Crippen LogP contribution in [-0.2, 0) is 11.2 Å². The average molecular weight is 248 g/mol. The second-order valence-corrected chi connectivity index (χ2v) is 4.84. The first-order valence-corrected chi connectivity index (χ1v) is 6.87. The maximum atomic E-state index is 5.20. The van der Waals surface area contributed by atoms with Crippen LogP contribution in [0.4, 0.5) is 0 Å². The van der Waals surface area contributed by atoms with Crippen molar-refractivity contribution in [3.8, 4) is 0 Å². The fraction of sp³-hybridized carbons (Fsp3) is 0.600. The minimum Gasteiger partial charge on any atom is -0.383 e. The Bertz CT molecular complexity index is 350. The molecule has 1 fully saturated rings. The van der Waals surface area contributed by atoms with E-state index < -0.39 is 0 Å². The van der Waals surface area contributed by atoms with Crippen LogP contribution in [0.3, 0.4) is 0 Å². The summed E-state index contributed by atoms with van der Waals surface area (Å²) in [5.74, 6) is 0. The molecule has 3 heteroatoms. The van der Waals surface area contributed by atoms with E-state index in [1.54, 1.807) is 7.11 Å². The molecule has 2 rings (SSSR count). The van der Waals surface area contributed by atoms with Gasteiger partial charge in [-0.3, -0.25) is 4.90 Å². The van der Waals surface area contributed by atoms with Gasteiger partial charge in [-0.1, -0.05) is 31.2 Å². The van der Waals surface area contributed by atoms with Gasteiger partial charge in [0, 0.05) is 39.3 Å². The first kappa shape index (κ1) is 13.5. The molecule has 100 valence electrons. The lowest BCUT2D eigenvalue weighted by Gasteiger charge is -2.36. The van der Waals surface area contributed by atoms with Crippen molar-refractivity contribution in [1.29, 1.82) is 0 Å². The zero-order valence-corrected chi connectivity index (χ0v) is 11.5. The Morgan fingerprint density at radius 2 is 2.11 bits per heavy atom. The molecule has 1 saturated heterocycles. The number of methoxy groups -OCH3 is 1. The number of hydrogen-bond donors (Lipinski definition) is 1. The number of ether oxygens (including phenoxy) is 1. The van der Waals surface area contributed by atoms with Crippen LogP contribution in [0, 0.1) is 0 Å². The van der Waals surface area contributed by atoms with Crippen LogP contribution >= 0.6 is 0 Å². The third-order valence-electron chi connectivity index (χ3n) is 3.71. The Balaban J connectivity index is 2.06. The van der Waals surface area contributed by atoms with Crippen LogP contribution in [-0.4, -0.2) is 44.8 Å². The molecule has 1 atom stereocenters. The first-order valence-electron chi connectivity index (χ1n) is 6.87. The number of aryl methyl sites for hydroxylation is 1. The van der Waals surface area contributed by atoms with Gasteiger partial charge in [-0.2, -0.15) is 0 Å². The average Bonchev–Trinajstić information content (AvgIpc) is 2.45. The van der Waals surface area contributed by atoms with Crippen LogP contribution in [0.2, 0.25) is 0 Å². The Morgan fingerprint density at radius 3 is 2.78 bits per heavy atom. The summed E-state index contributed by atoms with van der Waals surface area (Å²) in [7, 11) is 1.77. The molecular formula is C15H24N2O. The standard InChI is InChI=1S/C15H24N2O/c1-3-13-4-6-14(7-5-13)15-12-16-8-9-17(15)10-11-18-2/h4-7,15-16H,3,8-12H2,1-2H3. The van der Waals surface area contributed by atoms with Gasteiger partial charge >= 0.3 is 0 Å². The van der Waals surface area contributed by atoms with E-state index in [0.29, 0.717) is 6.04 Å². The molecule has 0 saturated carbocycles. The number of benzene rings is 1. The number of nitrogens with zero attached hydrogens (tertiary/aromatic N) is 1. The van der Waals surface area contributed by atoms with Crippen LogP contribution in [0.25, 0.3) is 0 Å². The van der Waals surface area contributed by atoms with Gasteiger partial charge < -0.3 is 10.1 Å². The lowest BCUT2D eigenvalue weighted by molar-refractivity contribution is 0.104. The normalized spacial score (nSPS) is 21.1. The van der Waals surface area contributed by atoms with Gasteiger partial charge in [-0.25, -0.2) is 0 Å². The fourth-order valence-electron chi connectivity index (χ4n) is 2.53. The van der Waals surface area contributed by atoms with Gasteiger partial charge in [0.2, 0.25) is 0 Å². The van der Waals surface area contributed by atoms with Crippen molar-refractivity contribution in [3.05, 3.63) is 35.4 Å². The minimum absolute atomic E-state index is 0.486. The largest absolute Gasteiger partial charge is 0.383 e. The van der Waals surface area contributed by atoms with E-state index in [9.17, 15) is 0 Å². The summed E-state index contributed by atoms with van der Waals surface area (Å²) in [5.41, 5.74) is 2.82. The topological polar surface area (TPSA) is 24.5 Å². The SMILES string of the molecule is CCc1ccc(C2CNCCN2CCOC)cc1. The zero-order valence-electron chi connectivity index (χ0n) is 11.5. The molecule has 0 bridgehead atoms. The quantitative estimate of drug-likeness (QED) is 0.860. The number of hydrogen-bond acceptors (Lipinski definition) is 3. The number of nitrogens with one attached hydrogen (secondary N) is 1. The molecule has 1 heterocycles. The van der Waals surface area contributed by atoms with Crippen LogP contribution < -0.4 is 5.32 Å². The Morgan fingerprint density at radius 1 is 1.33 bits per heavy atom. The molecule has 18 heavy (non-hydrogen) atoms. The molecule has 1 unspecified atom stereocenters. The predicted octanol–water partition coefficient (Wildman–Crippen LogP) is 1.84. The van der Waals surface area contributed by atoms with Crippen LogP contribution in [0.15, 0.2) is 24.3 Å². The van der Waals surface area contributed by atoms with Crippen molar-refractivity contribution in [2.24, 2.45) is 0 Å². The third kappa shape index (κ3) is 3.31. The van der Waals surface area contributed by atoms with E-state index in [4.69, 9.17) is 4.74 Å². The molecule has 1 aromatic rings. The summed E-state index contributed by atoms with van der Waals surface area (Å²) in [6, 6.07) is 9.53. The summed E-state index contributed by atoms with van der Waals surface area (Å²) >= 11 is 0. The van der Waals surface area contributed by atoms with Gasteiger partial charge in [0.05, 0.1) is 6.61 Å². The molecular weight excluding hydrogens is 224 g/mol. The smallest absolute Gasteiger partial charge is 0.0589 e. The molecule has 1 aliphatic rings. The predicted molar refractivity (Wildman–Crippen MR) is 74.9 cm³/mol. The van der Waals surface area contributed by atoms with Crippen LogP contribution in [0.1, 0.15) is 24.1 Å². The van der Waals surface area contributed by atoms with Gasteiger partial charge in [-0.05, 0) is 17.5 Å². The molecule has 0 aromatic heterocycles. The van der Waals surface area contributed by atoms with E-state index >= 15 is 0 Å². The Labute approximate surface area is 110 Å². The molecule has 0 amide bonds. The van der Waals surface area contributed by atoms with E-state index in [1.165, 1.54) is 11.1 Å². The molecule has 3 nitrogen and oxygen atoms in total.